The average Bonchev–Trinajstić information content (AvgIpc) is 2.92. The molecule has 8 heteroatoms. The van der Waals surface area contributed by atoms with Crippen LogP contribution >= 0.6 is 0 Å². The van der Waals surface area contributed by atoms with Gasteiger partial charge in [0.2, 0.25) is 11.8 Å². The van der Waals surface area contributed by atoms with Crippen molar-refractivity contribution < 1.29 is 28.3 Å². The Morgan fingerprint density at radius 2 is 1.75 bits per heavy atom. The minimum Gasteiger partial charge on any atom is -0.451 e. The molecule has 1 heterocycles. The number of carbonyl (C=O) groups excluding carboxylic acids is 4. The van der Waals surface area contributed by atoms with Gasteiger partial charge in [0, 0.05) is 5.69 Å². The molecule has 0 aromatic heterocycles. The number of nitrogens with zero attached hydrogens (tertiary/aromatic N) is 1. The third kappa shape index (κ3) is 3.81. The summed E-state index contributed by atoms with van der Waals surface area (Å²) in [5, 5.41) is 2.44. The van der Waals surface area contributed by atoms with E-state index in [1.54, 1.807) is 0 Å². The molecule has 0 bridgehead atoms. The molecule has 1 aliphatic heterocycles. The van der Waals surface area contributed by atoms with E-state index in [-0.39, 0.29) is 17.5 Å². The lowest BCUT2D eigenvalue weighted by atomic mass is 9.85. The van der Waals surface area contributed by atoms with E-state index in [0.29, 0.717) is 12.8 Å². The summed E-state index contributed by atoms with van der Waals surface area (Å²) >= 11 is 0. The number of amides is 3. The quantitative estimate of drug-likeness (QED) is 0.473. The molecular formula is C20H21FN2O5. The van der Waals surface area contributed by atoms with Crippen molar-refractivity contribution in [3.05, 3.63) is 42.2 Å². The van der Waals surface area contributed by atoms with Crippen molar-refractivity contribution in [2.24, 2.45) is 11.8 Å². The van der Waals surface area contributed by atoms with Gasteiger partial charge in [-0.25, -0.2) is 9.18 Å². The first-order chi connectivity index (χ1) is 13.3. The normalized spacial score (nSPS) is 23.2. The number of nitrogens with one attached hydrogen (secondary N) is 1. The molecule has 3 rings (SSSR count). The summed E-state index contributed by atoms with van der Waals surface area (Å²) in [7, 11) is 0. The van der Waals surface area contributed by atoms with Gasteiger partial charge in [-0.15, -0.1) is 0 Å². The first kappa shape index (κ1) is 19.7. The molecule has 4 atom stereocenters. The molecule has 0 spiro atoms. The van der Waals surface area contributed by atoms with Crippen LogP contribution in [-0.2, 0) is 23.9 Å². The fraction of sp³-hybridized carbons (Fsp3) is 0.400. The van der Waals surface area contributed by atoms with E-state index in [1.165, 1.54) is 32.0 Å². The fourth-order valence-electron chi connectivity index (χ4n) is 3.45. The van der Waals surface area contributed by atoms with E-state index in [1.807, 2.05) is 12.2 Å². The van der Waals surface area contributed by atoms with Crippen LogP contribution in [0.2, 0.25) is 0 Å². The lowest BCUT2D eigenvalue weighted by Gasteiger charge is -2.23. The average molecular weight is 388 g/mol. The van der Waals surface area contributed by atoms with E-state index >= 15 is 0 Å². The Balaban J connectivity index is 1.61. The summed E-state index contributed by atoms with van der Waals surface area (Å²) < 4.78 is 18.3. The van der Waals surface area contributed by atoms with Gasteiger partial charge in [-0.2, -0.15) is 0 Å². The van der Waals surface area contributed by atoms with Crippen molar-refractivity contribution in [3.8, 4) is 0 Å². The maximum Gasteiger partial charge on any atom is 0.329 e. The fourth-order valence-corrected chi connectivity index (χ4v) is 3.45. The lowest BCUT2D eigenvalue weighted by Crippen LogP contribution is -2.46. The third-order valence-electron chi connectivity index (χ3n) is 5.02. The predicted molar refractivity (Wildman–Crippen MR) is 97.3 cm³/mol. The predicted octanol–water partition coefficient (Wildman–Crippen LogP) is 2.04. The zero-order valence-electron chi connectivity index (χ0n) is 15.6. The Labute approximate surface area is 161 Å². The van der Waals surface area contributed by atoms with E-state index in [0.717, 1.165) is 11.0 Å². The maximum absolute atomic E-state index is 13.2. The van der Waals surface area contributed by atoms with Gasteiger partial charge in [-0.05, 0) is 44.9 Å². The zero-order valence-corrected chi connectivity index (χ0v) is 15.6. The Hall–Kier alpha value is -3.03. The standard InChI is InChI=1S/C20H21FN2O5/c1-11(23-18(25)15-8-3-4-9-16(15)19(23)26)20(27)28-12(2)17(24)22-14-7-5-6-13(21)10-14/h3-7,10-12,15-16H,8-9H2,1-2H3,(H,22,24)/t11-,12-,15-,16+/m0/s1. The van der Waals surface area contributed by atoms with Crippen LogP contribution in [0.4, 0.5) is 10.1 Å². The summed E-state index contributed by atoms with van der Waals surface area (Å²) in [5.41, 5.74) is 0.224. The molecule has 1 aliphatic carbocycles. The second-order valence-electron chi connectivity index (χ2n) is 6.96. The van der Waals surface area contributed by atoms with Crippen LogP contribution in [-0.4, -0.2) is 40.7 Å². The lowest BCUT2D eigenvalue weighted by molar-refractivity contribution is -0.163. The molecule has 1 N–H and O–H groups in total. The van der Waals surface area contributed by atoms with E-state index < -0.39 is 41.7 Å². The van der Waals surface area contributed by atoms with E-state index in [9.17, 15) is 23.6 Å². The van der Waals surface area contributed by atoms with Gasteiger partial charge in [0.25, 0.3) is 5.91 Å². The van der Waals surface area contributed by atoms with Gasteiger partial charge in [-0.1, -0.05) is 18.2 Å². The minimum absolute atomic E-state index is 0.224. The number of allylic oxidation sites excluding steroid dienone is 2. The molecule has 1 aromatic carbocycles. The second-order valence-corrected chi connectivity index (χ2v) is 6.96. The van der Waals surface area contributed by atoms with Gasteiger partial charge in [-0.3, -0.25) is 19.3 Å². The Kier molecular flexibility index (Phi) is 5.58. The van der Waals surface area contributed by atoms with Crippen LogP contribution in [0.15, 0.2) is 36.4 Å². The molecule has 7 nitrogen and oxygen atoms in total. The largest absolute Gasteiger partial charge is 0.451 e. The summed E-state index contributed by atoms with van der Waals surface area (Å²) in [4.78, 5) is 50.6. The molecule has 1 saturated heterocycles. The van der Waals surface area contributed by atoms with Crippen LogP contribution in [0.5, 0.6) is 0 Å². The summed E-state index contributed by atoms with van der Waals surface area (Å²) in [5.74, 6) is -3.68. The SMILES string of the molecule is C[C@H](OC(=O)[C@H](C)N1C(=O)[C@H]2CC=CC[C@H]2C1=O)C(=O)Nc1cccc(F)c1. The van der Waals surface area contributed by atoms with Crippen molar-refractivity contribution in [2.45, 2.75) is 38.8 Å². The molecule has 28 heavy (non-hydrogen) atoms. The number of hydrogen-bond acceptors (Lipinski definition) is 5. The summed E-state index contributed by atoms with van der Waals surface area (Å²) in [6.07, 6.45) is 3.48. The van der Waals surface area contributed by atoms with Gasteiger partial charge in [0.05, 0.1) is 11.8 Å². The Morgan fingerprint density at radius 1 is 1.14 bits per heavy atom. The molecular weight excluding hydrogens is 367 g/mol. The van der Waals surface area contributed by atoms with Crippen molar-refractivity contribution in [2.75, 3.05) is 5.32 Å². The number of likely N-dealkylation sites (tertiary alicyclic amines) is 1. The summed E-state index contributed by atoms with van der Waals surface area (Å²) in [6.45, 7) is 2.76. The van der Waals surface area contributed by atoms with Gasteiger partial charge in [0.1, 0.15) is 11.9 Å². The molecule has 3 amide bonds. The van der Waals surface area contributed by atoms with Crippen LogP contribution in [0.3, 0.4) is 0 Å². The number of imide groups is 1. The van der Waals surface area contributed by atoms with Gasteiger partial charge >= 0.3 is 5.97 Å². The summed E-state index contributed by atoms with van der Waals surface area (Å²) in [6, 6.07) is 4.16. The number of hydrogen-bond donors (Lipinski definition) is 1. The number of halogens is 1. The van der Waals surface area contributed by atoms with E-state index in [2.05, 4.69) is 5.32 Å². The molecule has 0 saturated carbocycles. The maximum atomic E-state index is 13.2. The van der Waals surface area contributed by atoms with Crippen molar-refractivity contribution in [1.82, 2.24) is 4.90 Å². The number of carbonyl (C=O) groups is 4. The number of rotatable bonds is 5. The number of ether oxygens (including phenoxy) is 1. The molecule has 1 fully saturated rings. The Bertz CT molecular complexity index is 827. The molecule has 2 aliphatic rings. The number of esters is 1. The number of benzene rings is 1. The van der Waals surface area contributed by atoms with Crippen LogP contribution in [0, 0.1) is 17.7 Å². The highest BCUT2D eigenvalue weighted by Crippen LogP contribution is 2.36. The van der Waals surface area contributed by atoms with Crippen LogP contribution < -0.4 is 5.32 Å². The zero-order chi connectivity index (χ0) is 20.4. The molecule has 1 aromatic rings. The monoisotopic (exact) mass is 388 g/mol. The van der Waals surface area contributed by atoms with Gasteiger partial charge < -0.3 is 10.1 Å². The molecule has 148 valence electrons. The highest BCUT2D eigenvalue weighted by molar-refractivity contribution is 6.08. The van der Waals surface area contributed by atoms with E-state index in [4.69, 9.17) is 4.74 Å². The second kappa shape index (κ2) is 7.92. The van der Waals surface area contributed by atoms with Crippen molar-refractivity contribution in [1.29, 1.82) is 0 Å². The topological polar surface area (TPSA) is 92.8 Å². The van der Waals surface area contributed by atoms with Crippen molar-refractivity contribution in [3.63, 3.8) is 0 Å². The molecule has 0 radical (unpaired) electrons. The first-order valence-electron chi connectivity index (χ1n) is 9.08. The van der Waals surface area contributed by atoms with Crippen LogP contribution in [0.25, 0.3) is 0 Å². The van der Waals surface area contributed by atoms with Crippen molar-refractivity contribution >= 4 is 29.4 Å². The minimum atomic E-state index is -1.19. The third-order valence-corrected chi connectivity index (χ3v) is 5.02. The van der Waals surface area contributed by atoms with Gasteiger partial charge in [0.15, 0.2) is 6.10 Å². The first-order valence-corrected chi connectivity index (χ1v) is 9.08. The Morgan fingerprint density at radius 3 is 2.32 bits per heavy atom. The molecule has 0 unspecified atom stereocenters. The number of fused-ring (bicyclic) bond motifs is 1. The highest BCUT2D eigenvalue weighted by Gasteiger charge is 2.50. The highest BCUT2D eigenvalue weighted by atomic mass is 19.1. The number of anilines is 1. The van der Waals surface area contributed by atoms with Crippen LogP contribution in [0.1, 0.15) is 26.7 Å². The smallest absolute Gasteiger partial charge is 0.329 e.